The van der Waals surface area contributed by atoms with Crippen LogP contribution in [0.3, 0.4) is 0 Å². The monoisotopic (exact) mass is 279 g/mol. The summed E-state index contributed by atoms with van der Waals surface area (Å²) >= 11 is 5.36. The van der Waals surface area contributed by atoms with Crippen molar-refractivity contribution in [2.75, 3.05) is 30.4 Å². The first kappa shape index (κ1) is 12.4. The third-order valence-electron chi connectivity index (χ3n) is 2.65. The van der Waals surface area contributed by atoms with E-state index in [0.717, 1.165) is 18.3 Å². The highest BCUT2D eigenvalue weighted by Gasteiger charge is 2.18. The Labute approximate surface area is 98.9 Å². The summed E-state index contributed by atoms with van der Waals surface area (Å²) in [5, 5.41) is 0.871. The zero-order valence-corrected chi connectivity index (χ0v) is 11.1. The molecule has 4 heteroatoms. The lowest BCUT2D eigenvalue weighted by atomic mass is 9.98. The lowest BCUT2D eigenvalue weighted by molar-refractivity contribution is -0.130. The topological polar surface area (TPSA) is 20.3 Å². The molecule has 0 bridgehead atoms. The Kier molecular flexibility index (Phi) is 5.94. The maximum Gasteiger partial charge on any atom is 0.222 e. The molecule has 0 saturated carbocycles. The van der Waals surface area contributed by atoms with Gasteiger partial charge in [0.1, 0.15) is 0 Å². The highest BCUT2D eigenvalue weighted by atomic mass is 79.9. The van der Waals surface area contributed by atoms with Crippen LogP contribution in [-0.2, 0) is 4.79 Å². The molecule has 1 heterocycles. The van der Waals surface area contributed by atoms with E-state index in [0.29, 0.717) is 11.8 Å². The normalized spacial score (nSPS) is 18.1. The third kappa shape index (κ3) is 4.22. The molecule has 0 aliphatic carbocycles. The van der Waals surface area contributed by atoms with Crippen LogP contribution in [0.1, 0.15) is 19.3 Å². The number of nitrogens with zero attached hydrogens (tertiary/aromatic N) is 1. The quantitative estimate of drug-likeness (QED) is 0.737. The lowest BCUT2D eigenvalue weighted by Gasteiger charge is -2.23. The van der Waals surface area contributed by atoms with Gasteiger partial charge in [-0.25, -0.2) is 0 Å². The molecule has 1 aliphatic heterocycles. The van der Waals surface area contributed by atoms with Gasteiger partial charge >= 0.3 is 0 Å². The number of hydrogen-bond acceptors (Lipinski definition) is 2. The molecule has 0 radical (unpaired) electrons. The van der Waals surface area contributed by atoms with Gasteiger partial charge in [-0.3, -0.25) is 4.79 Å². The van der Waals surface area contributed by atoms with Crippen LogP contribution in [0, 0.1) is 5.92 Å². The number of halogens is 1. The average Bonchev–Trinajstić information content (AvgIpc) is 2.19. The number of rotatable bonds is 4. The molecule has 0 aromatic carbocycles. The van der Waals surface area contributed by atoms with Crippen molar-refractivity contribution in [3.8, 4) is 0 Å². The van der Waals surface area contributed by atoms with E-state index in [9.17, 15) is 4.79 Å². The van der Waals surface area contributed by atoms with E-state index in [2.05, 4.69) is 15.9 Å². The van der Waals surface area contributed by atoms with Gasteiger partial charge in [-0.15, -0.1) is 0 Å². The summed E-state index contributed by atoms with van der Waals surface area (Å²) < 4.78 is 0. The zero-order valence-electron chi connectivity index (χ0n) is 8.67. The van der Waals surface area contributed by atoms with Gasteiger partial charge in [0.05, 0.1) is 0 Å². The van der Waals surface area contributed by atoms with Gasteiger partial charge in [0.2, 0.25) is 5.91 Å². The number of alkyl halides is 1. The predicted octanol–water partition coefficient (Wildman–Crippen LogP) is 2.37. The largest absolute Gasteiger partial charge is 0.345 e. The molecule has 0 aromatic rings. The standard InChI is InChI=1S/C10H18BrNOS/c1-12(5-4-11)10(13)8-9-2-6-14-7-3-9/h9H,2-8H2,1H3. The van der Waals surface area contributed by atoms with Crippen molar-refractivity contribution >= 4 is 33.6 Å². The van der Waals surface area contributed by atoms with Gasteiger partial charge in [-0.1, -0.05) is 15.9 Å². The first-order chi connectivity index (χ1) is 6.74. The maximum atomic E-state index is 11.7. The van der Waals surface area contributed by atoms with Gasteiger partial charge in [0.15, 0.2) is 0 Å². The summed E-state index contributed by atoms with van der Waals surface area (Å²) in [5.41, 5.74) is 0. The molecule has 0 N–H and O–H groups in total. The fourth-order valence-corrected chi connectivity index (χ4v) is 3.34. The van der Waals surface area contributed by atoms with Gasteiger partial charge in [-0.2, -0.15) is 11.8 Å². The van der Waals surface area contributed by atoms with E-state index in [1.54, 1.807) is 0 Å². The van der Waals surface area contributed by atoms with Gasteiger partial charge in [0, 0.05) is 25.3 Å². The van der Waals surface area contributed by atoms with Crippen LogP contribution in [0.15, 0.2) is 0 Å². The van der Waals surface area contributed by atoms with Crippen LogP contribution in [0.4, 0.5) is 0 Å². The Bertz CT molecular complexity index is 183. The molecule has 0 aromatic heterocycles. The maximum absolute atomic E-state index is 11.7. The molecule has 1 rings (SSSR count). The van der Waals surface area contributed by atoms with Crippen LogP contribution in [0.2, 0.25) is 0 Å². The van der Waals surface area contributed by atoms with Crippen molar-refractivity contribution < 1.29 is 4.79 Å². The summed E-state index contributed by atoms with van der Waals surface area (Å²) in [6.07, 6.45) is 3.20. The van der Waals surface area contributed by atoms with Gasteiger partial charge < -0.3 is 4.90 Å². The average molecular weight is 280 g/mol. The van der Waals surface area contributed by atoms with E-state index < -0.39 is 0 Å². The smallest absolute Gasteiger partial charge is 0.222 e. The second-order valence-corrected chi connectivity index (χ2v) is 5.78. The first-order valence-electron chi connectivity index (χ1n) is 5.11. The minimum Gasteiger partial charge on any atom is -0.345 e. The van der Waals surface area contributed by atoms with Crippen molar-refractivity contribution in [3.63, 3.8) is 0 Å². The number of thioether (sulfide) groups is 1. The first-order valence-corrected chi connectivity index (χ1v) is 7.39. The molecule has 0 atom stereocenters. The summed E-state index contributed by atoms with van der Waals surface area (Å²) in [5.74, 6) is 3.42. The minimum absolute atomic E-state index is 0.307. The molecule has 1 fully saturated rings. The molecule has 2 nitrogen and oxygen atoms in total. The fourth-order valence-electron chi connectivity index (χ4n) is 1.60. The van der Waals surface area contributed by atoms with Gasteiger partial charge in [-0.05, 0) is 30.3 Å². The highest BCUT2D eigenvalue weighted by Crippen LogP contribution is 2.25. The molecule has 14 heavy (non-hydrogen) atoms. The lowest BCUT2D eigenvalue weighted by Crippen LogP contribution is -2.30. The summed E-state index contributed by atoms with van der Waals surface area (Å²) in [6, 6.07) is 0. The Morgan fingerprint density at radius 2 is 2.14 bits per heavy atom. The SMILES string of the molecule is CN(CCBr)C(=O)CC1CCSCC1. The number of carbonyl (C=O) groups excluding carboxylic acids is 1. The Hall–Kier alpha value is 0.300. The number of amides is 1. The summed E-state index contributed by atoms with van der Waals surface area (Å²) in [4.78, 5) is 13.5. The number of carbonyl (C=O) groups is 1. The molecule has 0 spiro atoms. The molecule has 1 saturated heterocycles. The van der Waals surface area contributed by atoms with Crippen LogP contribution in [0.25, 0.3) is 0 Å². The van der Waals surface area contributed by atoms with E-state index in [1.807, 2.05) is 23.7 Å². The molecular formula is C10H18BrNOS. The molecular weight excluding hydrogens is 262 g/mol. The van der Waals surface area contributed by atoms with E-state index in [-0.39, 0.29) is 0 Å². The Balaban J connectivity index is 2.24. The van der Waals surface area contributed by atoms with E-state index >= 15 is 0 Å². The molecule has 1 amide bonds. The van der Waals surface area contributed by atoms with Crippen molar-refractivity contribution in [1.29, 1.82) is 0 Å². The van der Waals surface area contributed by atoms with Gasteiger partial charge in [0.25, 0.3) is 0 Å². The van der Waals surface area contributed by atoms with Crippen LogP contribution in [-0.4, -0.2) is 41.2 Å². The Morgan fingerprint density at radius 3 is 2.71 bits per heavy atom. The van der Waals surface area contributed by atoms with E-state index in [4.69, 9.17) is 0 Å². The van der Waals surface area contributed by atoms with Crippen molar-refractivity contribution in [3.05, 3.63) is 0 Å². The van der Waals surface area contributed by atoms with Crippen LogP contribution in [0.5, 0.6) is 0 Å². The second kappa shape index (κ2) is 6.72. The summed E-state index contributed by atoms with van der Waals surface area (Å²) in [7, 11) is 1.89. The zero-order chi connectivity index (χ0) is 10.4. The van der Waals surface area contributed by atoms with E-state index in [1.165, 1.54) is 24.3 Å². The minimum atomic E-state index is 0.307. The molecule has 0 unspecified atom stereocenters. The Morgan fingerprint density at radius 1 is 1.50 bits per heavy atom. The van der Waals surface area contributed by atoms with Crippen LogP contribution < -0.4 is 0 Å². The number of hydrogen-bond donors (Lipinski definition) is 0. The van der Waals surface area contributed by atoms with Crippen molar-refractivity contribution in [2.24, 2.45) is 5.92 Å². The third-order valence-corrected chi connectivity index (χ3v) is 4.05. The van der Waals surface area contributed by atoms with Crippen molar-refractivity contribution in [1.82, 2.24) is 4.90 Å². The second-order valence-electron chi connectivity index (χ2n) is 3.76. The van der Waals surface area contributed by atoms with Crippen LogP contribution >= 0.6 is 27.7 Å². The molecule has 1 aliphatic rings. The molecule has 82 valence electrons. The highest BCUT2D eigenvalue weighted by molar-refractivity contribution is 9.09. The van der Waals surface area contributed by atoms with Crippen molar-refractivity contribution in [2.45, 2.75) is 19.3 Å². The predicted molar refractivity (Wildman–Crippen MR) is 66.1 cm³/mol. The summed E-state index contributed by atoms with van der Waals surface area (Å²) in [6.45, 7) is 0.820. The fraction of sp³-hybridized carbons (Fsp3) is 0.900.